The number of ether oxygens (including phenoxy) is 2. The zero-order chi connectivity index (χ0) is 18.2. The molecule has 1 rings (SSSR count). The number of nitrogens with one attached hydrogen (secondary N) is 2. The number of hydrogen-bond donors (Lipinski definition) is 2. The highest BCUT2D eigenvalue weighted by Crippen LogP contribution is 2.16. The molecule has 1 atom stereocenters. The number of halogens is 1. The number of guanidine groups is 1. The zero-order valence-corrected chi connectivity index (χ0v) is 19.4. The number of rotatable bonds is 13. The third-order valence-corrected chi connectivity index (χ3v) is 4.46. The van der Waals surface area contributed by atoms with E-state index in [9.17, 15) is 0 Å². The Balaban J connectivity index is 0.00000625. The van der Waals surface area contributed by atoms with E-state index >= 15 is 0 Å². The molecule has 0 saturated carbocycles. The molecular formula is C19H41IN4O2. The lowest BCUT2D eigenvalue weighted by molar-refractivity contribution is 0.0487. The molecule has 0 radical (unpaired) electrons. The molecule has 1 aliphatic rings. The molecule has 0 bridgehead atoms. The van der Waals surface area contributed by atoms with E-state index in [1.165, 1.54) is 32.4 Å². The second kappa shape index (κ2) is 18.3. The van der Waals surface area contributed by atoms with Crippen LogP contribution in [-0.4, -0.2) is 76.6 Å². The molecule has 0 aromatic heterocycles. The fraction of sp³-hybridized carbons (Fsp3) is 0.947. The molecule has 1 heterocycles. The number of hydrogen-bond acceptors (Lipinski definition) is 4. The molecule has 1 fully saturated rings. The summed E-state index contributed by atoms with van der Waals surface area (Å²) >= 11 is 0. The summed E-state index contributed by atoms with van der Waals surface area (Å²) in [5.74, 6) is 1.58. The highest BCUT2D eigenvalue weighted by Gasteiger charge is 2.18. The van der Waals surface area contributed by atoms with Crippen LogP contribution in [0.3, 0.4) is 0 Å². The van der Waals surface area contributed by atoms with Crippen molar-refractivity contribution in [3.05, 3.63) is 0 Å². The van der Waals surface area contributed by atoms with Gasteiger partial charge in [-0.25, -0.2) is 0 Å². The maximum Gasteiger partial charge on any atom is 0.191 e. The average Bonchev–Trinajstić information content (AvgIpc) is 2.64. The quantitative estimate of drug-likeness (QED) is 0.182. The third-order valence-electron chi connectivity index (χ3n) is 4.46. The Labute approximate surface area is 177 Å². The van der Waals surface area contributed by atoms with E-state index in [1.807, 2.05) is 0 Å². The number of piperidine rings is 1. The highest BCUT2D eigenvalue weighted by molar-refractivity contribution is 14.0. The molecule has 1 aliphatic heterocycles. The van der Waals surface area contributed by atoms with Crippen LogP contribution in [0.5, 0.6) is 0 Å². The SMILES string of the molecule is CCCCOCCOCCNC(=NCC1CCCN(CC)C1)NCC.I. The molecular weight excluding hydrogens is 443 g/mol. The lowest BCUT2D eigenvalue weighted by Gasteiger charge is -2.31. The summed E-state index contributed by atoms with van der Waals surface area (Å²) in [6, 6.07) is 0. The van der Waals surface area contributed by atoms with Crippen molar-refractivity contribution >= 4 is 29.9 Å². The zero-order valence-electron chi connectivity index (χ0n) is 17.1. The molecule has 1 saturated heterocycles. The van der Waals surface area contributed by atoms with Gasteiger partial charge in [0.05, 0.1) is 19.8 Å². The minimum absolute atomic E-state index is 0. The Morgan fingerprint density at radius 1 is 1.08 bits per heavy atom. The number of nitrogens with zero attached hydrogens (tertiary/aromatic N) is 2. The Bertz CT molecular complexity index is 346. The van der Waals surface area contributed by atoms with Crippen LogP contribution in [0.2, 0.25) is 0 Å². The first-order valence-electron chi connectivity index (χ1n) is 10.2. The van der Waals surface area contributed by atoms with Crippen molar-refractivity contribution in [3.8, 4) is 0 Å². The van der Waals surface area contributed by atoms with Gasteiger partial charge in [-0.2, -0.15) is 0 Å². The number of likely N-dealkylation sites (tertiary alicyclic amines) is 1. The van der Waals surface area contributed by atoms with E-state index in [4.69, 9.17) is 14.5 Å². The van der Waals surface area contributed by atoms with Crippen LogP contribution in [0.1, 0.15) is 46.5 Å². The second-order valence-corrected chi connectivity index (χ2v) is 6.63. The Morgan fingerprint density at radius 2 is 1.85 bits per heavy atom. The predicted molar refractivity (Wildman–Crippen MR) is 121 cm³/mol. The van der Waals surface area contributed by atoms with E-state index < -0.39 is 0 Å². The lowest BCUT2D eigenvalue weighted by Crippen LogP contribution is -2.40. The fourth-order valence-corrected chi connectivity index (χ4v) is 2.96. The van der Waals surface area contributed by atoms with Gasteiger partial charge in [0, 0.05) is 32.8 Å². The number of aliphatic imine (C=N–C) groups is 1. The van der Waals surface area contributed by atoms with E-state index in [1.54, 1.807) is 0 Å². The van der Waals surface area contributed by atoms with Gasteiger partial charge in [0.1, 0.15) is 0 Å². The fourth-order valence-electron chi connectivity index (χ4n) is 2.96. The smallest absolute Gasteiger partial charge is 0.191 e. The molecule has 7 heteroatoms. The Morgan fingerprint density at radius 3 is 2.54 bits per heavy atom. The van der Waals surface area contributed by atoms with Crippen molar-refractivity contribution in [2.45, 2.75) is 46.5 Å². The van der Waals surface area contributed by atoms with Crippen molar-refractivity contribution in [2.75, 3.05) is 65.7 Å². The molecule has 0 aromatic carbocycles. The van der Waals surface area contributed by atoms with E-state index in [0.717, 1.165) is 45.2 Å². The minimum atomic E-state index is 0. The molecule has 2 N–H and O–H groups in total. The molecule has 1 unspecified atom stereocenters. The maximum atomic E-state index is 5.59. The predicted octanol–water partition coefficient (Wildman–Crippen LogP) is 2.72. The van der Waals surface area contributed by atoms with Crippen LogP contribution in [0.4, 0.5) is 0 Å². The van der Waals surface area contributed by atoms with Gasteiger partial charge in [-0.3, -0.25) is 4.99 Å². The van der Waals surface area contributed by atoms with Crippen molar-refractivity contribution < 1.29 is 9.47 Å². The number of unbranched alkanes of at least 4 members (excludes halogenated alkanes) is 1. The normalized spacial score (nSPS) is 18.4. The lowest BCUT2D eigenvalue weighted by atomic mass is 9.98. The molecule has 156 valence electrons. The summed E-state index contributed by atoms with van der Waals surface area (Å²) in [5, 5.41) is 6.67. The maximum absolute atomic E-state index is 5.59. The molecule has 0 spiro atoms. The van der Waals surface area contributed by atoms with Crippen LogP contribution >= 0.6 is 24.0 Å². The van der Waals surface area contributed by atoms with Gasteiger partial charge in [-0.1, -0.05) is 20.3 Å². The van der Waals surface area contributed by atoms with Gasteiger partial charge in [-0.05, 0) is 45.2 Å². The second-order valence-electron chi connectivity index (χ2n) is 6.63. The van der Waals surface area contributed by atoms with Crippen LogP contribution in [0.15, 0.2) is 4.99 Å². The summed E-state index contributed by atoms with van der Waals surface area (Å²) in [7, 11) is 0. The topological polar surface area (TPSA) is 58.1 Å². The van der Waals surface area contributed by atoms with Crippen molar-refractivity contribution in [2.24, 2.45) is 10.9 Å². The van der Waals surface area contributed by atoms with E-state index in [2.05, 4.69) is 36.3 Å². The van der Waals surface area contributed by atoms with Crippen molar-refractivity contribution in [1.29, 1.82) is 0 Å². The summed E-state index contributed by atoms with van der Waals surface area (Å²) in [5.41, 5.74) is 0. The standard InChI is InChI=1S/C19H40N4O2.HI/c1-4-7-12-24-14-15-25-13-10-21-19(20-5-2)22-16-18-9-8-11-23(6-3)17-18;/h18H,4-17H2,1-3H3,(H2,20,21,22);1H. The van der Waals surface area contributed by atoms with Crippen LogP contribution < -0.4 is 10.6 Å². The highest BCUT2D eigenvalue weighted by atomic mass is 127. The van der Waals surface area contributed by atoms with E-state index in [-0.39, 0.29) is 24.0 Å². The molecule has 6 nitrogen and oxygen atoms in total. The first-order valence-corrected chi connectivity index (χ1v) is 10.2. The first kappa shape index (κ1) is 25.9. The summed E-state index contributed by atoms with van der Waals surface area (Å²) in [4.78, 5) is 7.29. The van der Waals surface area contributed by atoms with Gasteiger partial charge in [0.25, 0.3) is 0 Å². The van der Waals surface area contributed by atoms with Crippen LogP contribution in [-0.2, 0) is 9.47 Å². The molecule has 0 aromatic rings. The van der Waals surface area contributed by atoms with Gasteiger partial charge >= 0.3 is 0 Å². The molecule has 0 amide bonds. The third kappa shape index (κ3) is 13.1. The Hall–Kier alpha value is -0.120. The van der Waals surface area contributed by atoms with Gasteiger partial charge in [0.2, 0.25) is 0 Å². The average molecular weight is 484 g/mol. The largest absolute Gasteiger partial charge is 0.379 e. The van der Waals surface area contributed by atoms with Crippen molar-refractivity contribution in [3.63, 3.8) is 0 Å². The summed E-state index contributed by atoms with van der Waals surface area (Å²) < 4.78 is 11.1. The minimum Gasteiger partial charge on any atom is -0.379 e. The molecule has 26 heavy (non-hydrogen) atoms. The monoisotopic (exact) mass is 484 g/mol. The first-order chi connectivity index (χ1) is 12.3. The van der Waals surface area contributed by atoms with Crippen molar-refractivity contribution in [1.82, 2.24) is 15.5 Å². The summed E-state index contributed by atoms with van der Waals surface area (Å²) in [6.07, 6.45) is 4.89. The van der Waals surface area contributed by atoms with Crippen LogP contribution in [0.25, 0.3) is 0 Å². The van der Waals surface area contributed by atoms with Gasteiger partial charge in [-0.15, -0.1) is 24.0 Å². The van der Waals surface area contributed by atoms with Gasteiger partial charge < -0.3 is 25.0 Å². The molecule has 0 aliphatic carbocycles. The summed E-state index contributed by atoms with van der Waals surface area (Å²) in [6.45, 7) is 15.5. The van der Waals surface area contributed by atoms with Gasteiger partial charge in [0.15, 0.2) is 5.96 Å². The van der Waals surface area contributed by atoms with E-state index in [0.29, 0.717) is 25.7 Å². The Kier molecular flexibility index (Phi) is 18.2. The van der Waals surface area contributed by atoms with Crippen LogP contribution in [0, 0.1) is 5.92 Å².